The maximum Gasteiger partial charge on any atom is 0.193 e. The summed E-state index contributed by atoms with van der Waals surface area (Å²) in [7, 11) is 0. The molecule has 0 aliphatic carbocycles. The van der Waals surface area contributed by atoms with Gasteiger partial charge in [0.05, 0.1) is 0 Å². The first-order chi connectivity index (χ1) is 11.2. The zero-order chi connectivity index (χ0) is 17.9. The molecule has 0 aromatic heterocycles. The molecule has 0 saturated heterocycles. The maximum atomic E-state index is 12.0. The van der Waals surface area contributed by atoms with Crippen LogP contribution in [0, 0.1) is 5.92 Å². The van der Waals surface area contributed by atoms with E-state index in [1.165, 1.54) is 13.8 Å². The Bertz CT molecular complexity index is 717. The average molecular weight is 324 g/mol. The van der Waals surface area contributed by atoms with E-state index in [9.17, 15) is 14.7 Å². The van der Waals surface area contributed by atoms with Gasteiger partial charge in [0.1, 0.15) is 5.60 Å². The van der Waals surface area contributed by atoms with E-state index in [-0.39, 0.29) is 17.5 Å². The van der Waals surface area contributed by atoms with E-state index in [0.29, 0.717) is 5.56 Å². The maximum absolute atomic E-state index is 12.0. The Labute approximate surface area is 143 Å². The third-order valence-corrected chi connectivity index (χ3v) is 3.94. The summed E-state index contributed by atoms with van der Waals surface area (Å²) in [6, 6.07) is 14.9. The highest BCUT2D eigenvalue weighted by molar-refractivity contribution is 6.01. The fourth-order valence-electron chi connectivity index (χ4n) is 2.48. The Morgan fingerprint density at radius 1 is 0.875 bits per heavy atom. The number of aliphatic hydroxyl groups is 1. The minimum Gasteiger partial charge on any atom is -0.382 e. The first-order valence-electron chi connectivity index (χ1n) is 8.18. The quantitative estimate of drug-likeness (QED) is 0.815. The summed E-state index contributed by atoms with van der Waals surface area (Å²) in [5.74, 6) is -0.140. The largest absolute Gasteiger partial charge is 0.382 e. The SMILES string of the molecule is CC(C)C(=O)c1ccc(Cc2ccc(C(=O)C(C)(C)O)cc2)cc1. The standard InChI is InChI=1S/C21H24O3/c1-14(2)19(22)17-9-5-15(6-10-17)13-16-7-11-18(12-8-16)20(23)21(3,4)24/h5-12,14,24H,13H2,1-4H3. The molecule has 1 N–H and O–H groups in total. The lowest BCUT2D eigenvalue weighted by molar-refractivity contribution is 0.0488. The van der Waals surface area contributed by atoms with Gasteiger partial charge in [-0.05, 0) is 31.4 Å². The molecule has 0 aliphatic rings. The molecule has 24 heavy (non-hydrogen) atoms. The molecule has 2 aromatic carbocycles. The van der Waals surface area contributed by atoms with Crippen LogP contribution in [0.5, 0.6) is 0 Å². The summed E-state index contributed by atoms with van der Waals surface area (Å²) in [6.07, 6.45) is 0.729. The molecule has 0 bridgehead atoms. The van der Waals surface area contributed by atoms with Crippen molar-refractivity contribution in [3.8, 4) is 0 Å². The van der Waals surface area contributed by atoms with Crippen LogP contribution >= 0.6 is 0 Å². The van der Waals surface area contributed by atoms with E-state index in [0.717, 1.165) is 23.1 Å². The van der Waals surface area contributed by atoms with Crippen LogP contribution in [-0.4, -0.2) is 22.3 Å². The van der Waals surface area contributed by atoms with Crippen molar-refractivity contribution in [1.29, 1.82) is 0 Å². The molecule has 2 rings (SSSR count). The molecule has 0 unspecified atom stereocenters. The van der Waals surface area contributed by atoms with E-state index in [1.54, 1.807) is 12.1 Å². The van der Waals surface area contributed by atoms with E-state index in [2.05, 4.69) is 0 Å². The van der Waals surface area contributed by atoms with Crippen molar-refractivity contribution >= 4 is 11.6 Å². The predicted molar refractivity (Wildman–Crippen MR) is 95.5 cm³/mol. The van der Waals surface area contributed by atoms with Gasteiger partial charge in [0.2, 0.25) is 0 Å². The van der Waals surface area contributed by atoms with Gasteiger partial charge >= 0.3 is 0 Å². The number of ketones is 2. The third kappa shape index (κ3) is 4.39. The van der Waals surface area contributed by atoms with Crippen molar-refractivity contribution in [1.82, 2.24) is 0 Å². The topological polar surface area (TPSA) is 54.4 Å². The van der Waals surface area contributed by atoms with Gasteiger partial charge in [0.25, 0.3) is 0 Å². The van der Waals surface area contributed by atoms with Crippen molar-refractivity contribution in [2.75, 3.05) is 0 Å². The summed E-state index contributed by atoms with van der Waals surface area (Å²) in [6.45, 7) is 6.77. The molecule has 0 saturated carbocycles. The van der Waals surface area contributed by atoms with Crippen LogP contribution in [0.3, 0.4) is 0 Å². The lowest BCUT2D eigenvalue weighted by Gasteiger charge is -2.15. The Balaban J connectivity index is 2.09. The van der Waals surface area contributed by atoms with Crippen molar-refractivity contribution < 1.29 is 14.7 Å². The number of carbonyl (C=O) groups excluding carboxylic acids is 2. The van der Waals surface area contributed by atoms with E-state index in [4.69, 9.17) is 0 Å². The highest BCUT2D eigenvalue weighted by Gasteiger charge is 2.24. The lowest BCUT2D eigenvalue weighted by Crippen LogP contribution is -2.31. The molecule has 2 aromatic rings. The minimum atomic E-state index is -1.36. The van der Waals surface area contributed by atoms with Gasteiger partial charge in [-0.15, -0.1) is 0 Å². The zero-order valence-corrected chi connectivity index (χ0v) is 14.7. The number of benzene rings is 2. The van der Waals surface area contributed by atoms with Gasteiger partial charge in [-0.25, -0.2) is 0 Å². The Hall–Kier alpha value is -2.26. The summed E-state index contributed by atoms with van der Waals surface area (Å²) < 4.78 is 0. The first-order valence-corrected chi connectivity index (χ1v) is 8.18. The van der Waals surface area contributed by atoms with Crippen molar-refractivity contribution in [2.45, 2.75) is 39.7 Å². The third-order valence-electron chi connectivity index (χ3n) is 3.94. The van der Waals surface area contributed by atoms with Gasteiger partial charge in [0.15, 0.2) is 11.6 Å². The van der Waals surface area contributed by atoms with E-state index < -0.39 is 5.60 Å². The lowest BCUT2D eigenvalue weighted by atomic mass is 9.94. The van der Waals surface area contributed by atoms with Gasteiger partial charge in [-0.1, -0.05) is 62.4 Å². The average Bonchev–Trinajstić information content (AvgIpc) is 2.54. The van der Waals surface area contributed by atoms with Crippen molar-refractivity contribution in [2.24, 2.45) is 5.92 Å². The van der Waals surface area contributed by atoms with Crippen LogP contribution < -0.4 is 0 Å². The molecule has 0 spiro atoms. The van der Waals surface area contributed by atoms with Crippen LogP contribution in [0.1, 0.15) is 59.5 Å². The van der Waals surface area contributed by atoms with Gasteiger partial charge in [0, 0.05) is 17.0 Å². The molecule has 0 fully saturated rings. The van der Waals surface area contributed by atoms with Crippen molar-refractivity contribution in [3.63, 3.8) is 0 Å². The highest BCUT2D eigenvalue weighted by atomic mass is 16.3. The number of hydrogen-bond acceptors (Lipinski definition) is 3. The zero-order valence-electron chi connectivity index (χ0n) is 14.7. The summed E-state index contributed by atoms with van der Waals surface area (Å²) in [4.78, 5) is 24.0. The highest BCUT2D eigenvalue weighted by Crippen LogP contribution is 2.17. The smallest absolute Gasteiger partial charge is 0.193 e. The predicted octanol–water partition coefficient (Wildman–Crippen LogP) is 4.07. The molecule has 3 nitrogen and oxygen atoms in total. The van der Waals surface area contributed by atoms with Gasteiger partial charge in [-0.2, -0.15) is 0 Å². The van der Waals surface area contributed by atoms with Gasteiger partial charge < -0.3 is 5.11 Å². The van der Waals surface area contributed by atoms with Crippen LogP contribution in [-0.2, 0) is 6.42 Å². The van der Waals surface area contributed by atoms with Gasteiger partial charge in [-0.3, -0.25) is 9.59 Å². The molecule has 0 heterocycles. The van der Waals surface area contributed by atoms with E-state index in [1.807, 2.05) is 50.2 Å². The molecular weight excluding hydrogens is 300 g/mol. The second-order valence-corrected chi connectivity index (χ2v) is 6.98. The number of rotatable bonds is 6. The van der Waals surface area contributed by atoms with E-state index >= 15 is 0 Å². The molecule has 126 valence electrons. The Kier molecular flexibility index (Phi) is 5.35. The second kappa shape index (κ2) is 7.10. The second-order valence-electron chi connectivity index (χ2n) is 6.98. The van der Waals surface area contributed by atoms with Crippen LogP contribution in [0.25, 0.3) is 0 Å². The van der Waals surface area contributed by atoms with Crippen LogP contribution in [0.2, 0.25) is 0 Å². The monoisotopic (exact) mass is 324 g/mol. The molecule has 3 heteroatoms. The number of hydrogen-bond donors (Lipinski definition) is 1. The van der Waals surface area contributed by atoms with Crippen LogP contribution in [0.4, 0.5) is 0 Å². The molecule has 0 aliphatic heterocycles. The number of Topliss-reactive ketones (excluding diaryl/α,β-unsaturated/α-hetero) is 2. The fourth-order valence-corrected chi connectivity index (χ4v) is 2.48. The fraction of sp³-hybridized carbons (Fsp3) is 0.333. The normalized spacial score (nSPS) is 11.6. The Morgan fingerprint density at radius 2 is 1.29 bits per heavy atom. The molecule has 0 atom stereocenters. The summed E-state index contributed by atoms with van der Waals surface area (Å²) >= 11 is 0. The summed E-state index contributed by atoms with van der Waals surface area (Å²) in [5, 5.41) is 9.78. The summed E-state index contributed by atoms with van der Waals surface area (Å²) in [5.41, 5.74) is 2.06. The minimum absolute atomic E-state index is 0.00305. The Morgan fingerprint density at radius 3 is 1.67 bits per heavy atom. The molecule has 0 radical (unpaired) electrons. The number of carbonyl (C=O) groups is 2. The molecule has 0 amide bonds. The molecular formula is C21H24O3. The first kappa shape index (κ1) is 18.1. The van der Waals surface area contributed by atoms with Crippen molar-refractivity contribution in [3.05, 3.63) is 70.8 Å². The van der Waals surface area contributed by atoms with Crippen LogP contribution in [0.15, 0.2) is 48.5 Å².